The molecule has 1 atom stereocenters. The Morgan fingerprint density at radius 2 is 2.08 bits per heavy atom. The lowest BCUT2D eigenvalue weighted by Crippen LogP contribution is -2.30. The maximum Gasteiger partial charge on any atom is 0.222 e. The Bertz CT molecular complexity index is 653. The van der Waals surface area contributed by atoms with Gasteiger partial charge in [-0.05, 0) is 37.6 Å². The van der Waals surface area contributed by atoms with Crippen LogP contribution >= 0.6 is 12.4 Å². The molecule has 2 rings (SSSR count). The van der Waals surface area contributed by atoms with Gasteiger partial charge in [-0.25, -0.2) is 18.4 Å². The molecule has 8 heteroatoms. The summed E-state index contributed by atoms with van der Waals surface area (Å²) in [5.41, 5.74) is 0.958. The first-order valence-electron chi connectivity index (χ1n) is 8.68. The van der Waals surface area contributed by atoms with Gasteiger partial charge in [0.15, 0.2) is 9.84 Å². The van der Waals surface area contributed by atoms with E-state index in [4.69, 9.17) is 0 Å². The number of halogens is 1. The van der Waals surface area contributed by atoms with Gasteiger partial charge in [-0.2, -0.15) is 0 Å². The zero-order valence-electron chi connectivity index (χ0n) is 15.6. The number of rotatable bonds is 6. The van der Waals surface area contributed by atoms with Crippen LogP contribution in [0.3, 0.4) is 0 Å². The zero-order valence-corrected chi connectivity index (χ0v) is 17.3. The Balaban J connectivity index is 0.00000312. The van der Waals surface area contributed by atoms with Gasteiger partial charge in [0.25, 0.3) is 0 Å². The van der Waals surface area contributed by atoms with Crippen LogP contribution in [-0.4, -0.2) is 44.3 Å². The Morgan fingerprint density at radius 3 is 2.64 bits per heavy atom. The minimum Gasteiger partial charge on any atom is -0.354 e. The van der Waals surface area contributed by atoms with Crippen molar-refractivity contribution in [2.45, 2.75) is 57.3 Å². The minimum absolute atomic E-state index is 0. The molecule has 2 heterocycles. The largest absolute Gasteiger partial charge is 0.354 e. The molecule has 6 nitrogen and oxygen atoms in total. The summed E-state index contributed by atoms with van der Waals surface area (Å²) in [6, 6.07) is 0. The molecule has 1 unspecified atom stereocenters. The highest BCUT2D eigenvalue weighted by Crippen LogP contribution is 2.28. The van der Waals surface area contributed by atoms with Crippen molar-refractivity contribution in [2.24, 2.45) is 5.41 Å². The number of aromatic nitrogens is 2. The van der Waals surface area contributed by atoms with Gasteiger partial charge >= 0.3 is 0 Å². The number of nitrogens with one attached hydrogen (secondary N) is 2. The third kappa shape index (κ3) is 7.07. The molecular formula is C17H31ClN4O2S. The lowest BCUT2D eigenvalue weighted by molar-refractivity contribution is 0.370. The van der Waals surface area contributed by atoms with Crippen molar-refractivity contribution in [3.05, 3.63) is 11.9 Å². The van der Waals surface area contributed by atoms with E-state index in [1.165, 1.54) is 12.5 Å². The van der Waals surface area contributed by atoms with Gasteiger partial charge in [-0.3, -0.25) is 0 Å². The normalized spacial score (nSPS) is 18.5. The van der Waals surface area contributed by atoms with Crippen LogP contribution in [0.4, 0.5) is 5.95 Å². The molecule has 0 amide bonds. The first-order valence-corrected chi connectivity index (χ1v) is 10.6. The van der Waals surface area contributed by atoms with Crippen LogP contribution in [0.1, 0.15) is 58.1 Å². The smallest absolute Gasteiger partial charge is 0.222 e. The van der Waals surface area contributed by atoms with E-state index in [1.54, 1.807) is 0 Å². The molecule has 1 aliphatic rings. The standard InChI is InChI=1S/C17H30N4O2S.ClH/c1-17(2,3)8-6-10-19-16-20-12-14(24(4,22)23)15(21-16)13-7-5-9-18-11-13;/h12-13,18H,5-11H2,1-4H3,(H,19,20,21);1H. The molecule has 0 radical (unpaired) electrons. The molecule has 0 aromatic carbocycles. The van der Waals surface area contributed by atoms with Crippen LogP contribution in [0.15, 0.2) is 11.1 Å². The number of nitrogens with zero attached hydrogens (tertiary/aromatic N) is 2. The second kappa shape index (κ2) is 9.14. The predicted molar refractivity (Wildman–Crippen MR) is 104 cm³/mol. The number of anilines is 1. The third-order valence-electron chi connectivity index (χ3n) is 4.25. The van der Waals surface area contributed by atoms with Gasteiger partial charge in [0.1, 0.15) is 4.90 Å². The quantitative estimate of drug-likeness (QED) is 0.726. The molecule has 1 fully saturated rings. The topological polar surface area (TPSA) is 84.0 Å². The Labute approximate surface area is 157 Å². The summed E-state index contributed by atoms with van der Waals surface area (Å²) in [4.78, 5) is 9.03. The average molecular weight is 391 g/mol. The summed E-state index contributed by atoms with van der Waals surface area (Å²) >= 11 is 0. The summed E-state index contributed by atoms with van der Waals surface area (Å²) < 4.78 is 24.1. The van der Waals surface area contributed by atoms with Crippen LogP contribution in [0.5, 0.6) is 0 Å². The molecule has 1 saturated heterocycles. The molecule has 0 saturated carbocycles. The number of hydrogen-bond donors (Lipinski definition) is 2. The highest BCUT2D eigenvalue weighted by atomic mass is 35.5. The summed E-state index contributed by atoms with van der Waals surface area (Å²) in [6.45, 7) is 9.20. The Hall–Kier alpha value is -0.920. The lowest BCUT2D eigenvalue weighted by Gasteiger charge is -2.24. The van der Waals surface area contributed by atoms with E-state index in [1.807, 2.05) is 0 Å². The molecule has 1 aromatic rings. The molecule has 0 aliphatic carbocycles. The fourth-order valence-electron chi connectivity index (χ4n) is 2.95. The van der Waals surface area contributed by atoms with E-state index in [2.05, 4.69) is 41.4 Å². The average Bonchev–Trinajstić information content (AvgIpc) is 2.50. The van der Waals surface area contributed by atoms with Crippen molar-refractivity contribution in [1.82, 2.24) is 15.3 Å². The maximum atomic E-state index is 12.1. The molecule has 2 N–H and O–H groups in total. The number of piperidine rings is 1. The molecule has 0 spiro atoms. The van der Waals surface area contributed by atoms with E-state index >= 15 is 0 Å². The van der Waals surface area contributed by atoms with Gasteiger partial charge < -0.3 is 10.6 Å². The zero-order chi connectivity index (χ0) is 17.8. The first kappa shape index (κ1) is 22.1. The van der Waals surface area contributed by atoms with Gasteiger partial charge in [-0.1, -0.05) is 20.8 Å². The maximum absolute atomic E-state index is 12.1. The van der Waals surface area contributed by atoms with Crippen molar-refractivity contribution < 1.29 is 8.42 Å². The highest BCUT2D eigenvalue weighted by molar-refractivity contribution is 7.90. The van der Waals surface area contributed by atoms with Gasteiger partial charge in [0, 0.05) is 25.3 Å². The molecule has 1 aliphatic heterocycles. The summed E-state index contributed by atoms with van der Waals surface area (Å²) in [6.07, 6.45) is 6.81. The van der Waals surface area contributed by atoms with Crippen LogP contribution in [0, 0.1) is 5.41 Å². The number of hydrogen-bond acceptors (Lipinski definition) is 6. The van der Waals surface area contributed by atoms with Crippen molar-refractivity contribution in [3.63, 3.8) is 0 Å². The Kier molecular flexibility index (Phi) is 8.09. The van der Waals surface area contributed by atoms with Gasteiger partial charge in [0.05, 0.1) is 11.9 Å². The third-order valence-corrected chi connectivity index (χ3v) is 5.37. The summed E-state index contributed by atoms with van der Waals surface area (Å²) in [5, 5.41) is 6.56. The van der Waals surface area contributed by atoms with E-state index < -0.39 is 9.84 Å². The highest BCUT2D eigenvalue weighted by Gasteiger charge is 2.25. The van der Waals surface area contributed by atoms with Crippen LogP contribution < -0.4 is 10.6 Å². The van der Waals surface area contributed by atoms with Crippen molar-refractivity contribution in [1.29, 1.82) is 0 Å². The fourth-order valence-corrected chi connectivity index (χ4v) is 3.79. The van der Waals surface area contributed by atoms with E-state index in [9.17, 15) is 8.42 Å². The van der Waals surface area contributed by atoms with E-state index in [-0.39, 0.29) is 23.2 Å². The van der Waals surface area contributed by atoms with Crippen molar-refractivity contribution in [2.75, 3.05) is 31.2 Å². The van der Waals surface area contributed by atoms with Gasteiger partial charge in [0.2, 0.25) is 5.95 Å². The Morgan fingerprint density at radius 1 is 1.36 bits per heavy atom. The van der Waals surface area contributed by atoms with Crippen LogP contribution in [0.2, 0.25) is 0 Å². The van der Waals surface area contributed by atoms with E-state index in [0.717, 1.165) is 45.3 Å². The second-order valence-corrected chi connectivity index (χ2v) is 9.83. The first-order chi connectivity index (χ1) is 11.2. The predicted octanol–water partition coefficient (Wildman–Crippen LogP) is 3.01. The molecule has 0 bridgehead atoms. The van der Waals surface area contributed by atoms with Crippen molar-refractivity contribution >= 4 is 28.2 Å². The minimum atomic E-state index is -3.32. The monoisotopic (exact) mass is 390 g/mol. The van der Waals surface area contributed by atoms with Crippen molar-refractivity contribution in [3.8, 4) is 0 Å². The summed E-state index contributed by atoms with van der Waals surface area (Å²) in [5.74, 6) is 0.651. The second-order valence-electron chi connectivity index (χ2n) is 7.85. The van der Waals surface area contributed by atoms with Crippen LogP contribution in [0.25, 0.3) is 0 Å². The molecular weight excluding hydrogens is 360 g/mol. The molecule has 144 valence electrons. The van der Waals surface area contributed by atoms with E-state index in [0.29, 0.717) is 17.1 Å². The molecule has 1 aromatic heterocycles. The summed E-state index contributed by atoms with van der Waals surface area (Å²) in [7, 11) is -3.32. The fraction of sp³-hybridized carbons (Fsp3) is 0.765. The SMILES string of the molecule is CC(C)(C)CCCNc1ncc(S(C)(=O)=O)c(C2CCCNC2)n1.Cl. The lowest BCUT2D eigenvalue weighted by atomic mass is 9.91. The van der Waals surface area contributed by atoms with Gasteiger partial charge in [-0.15, -0.1) is 12.4 Å². The number of sulfone groups is 1. The molecule has 25 heavy (non-hydrogen) atoms. The van der Waals surface area contributed by atoms with Crippen LogP contribution in [-0.2, 0) is 9.84 Å².